The Morgan fingerprint density at radius 1 is 1.32 bits per heavy atom. The normalized spacial score (nSPS) is 38.4. The fourth-order valence-electron chi connectivity index (χ4n) is 3.78. The van der Waals surface area contributed by atoms with E-state index in [1.54, 1.807) is 0 Å². The van der Waals surface area contributed by atoms with Crippen LogP contribution in [-0.4, -0.2) is 42.8 Å². The highest BCUT2D eigenvalue weighted by Crippen LogP contribution is 2.41. The van der Waals surface area contributed by atoms with Gasteiger partial charge in [0.25, 0.3) is 0 Å². The Morgan fingerprint density at radius 3 is 2.68 bits per heavy atom. The molecule has 0 aromatic heterocycles. The summed E-state index contributed by atoms with van der Waals surface area (Å²) in [5.41, 5.74) is 6.89. The molecule has 112 valence electrons. The summed E-state index contributed by atoms with van der Waals surface area (Å²) >= 11 is 0. The van der Waals surface area contributed by atoms with Gasteiger partial charge in [-0.3, -0.25) is 4.90 Å². The summed E-state index contributed by atoms with van der Waals surface area (Å²) < 4.78 is 5.57. The van der Waals surface area contributed by atoms with Crippen molar-refractivity contribution < 1.29 is 4.74 Å². The lowest BCUT2D eigenvalue weighted by Gasteiger charge is -2.48. The van der Waals surface area contributed by atoms with Gasteiger partial charge in [0, 0.05) is 24.7 Å². The molecule has 0 radical (unpaired) electrons. The van der Waals surface area contributed by atoms with Gasteiger partial charge >= 0.3 is 0 Å². The molecule has 3 nitrogen and oxygen atoms in total. The van der Waals surface area contributed by atoms with Gasteiger partial charge in [-0.05, 0) is 37.5 Å². The van der Waals surface area contributed by atoms with Crippen molar-refractivity contribution in [3.8, 4) is 0 Å². The van der Waals surface area contributed by atoms with E-state index in [0.717, 1.165) is 25.7 Å². The Balaban J connectivity index is 2.05. The minimum atomic E-state index is 0.351. The molecule has 4 atom stereocenters. The molecule has 2 aliphatic rings. The lowest BCUT2D eigenvalue weighted by atomic mass is 9.67. The Hall–Kier alpha value is -0.120. The number of hydrogen-bond donors (Lipinski definition) is 1. The number of morpholine rings is 1. The second-order valence-electron chi connectivity index (χ2n) is 7.25. The fraction of sp³-hybridized carbons (Fsp3) is 1.00. The molecule has 0 spiro atoms. The molecule has 19 heavy (non-hydrogen) atoms. The van der Waals surface area contributed by atoms with Gasteiger partial charge in [0.2, 0.25) is 0 Å². The molecule has 2 fully saturated rings. The van der Waals surface area contributed by atoms with Crippen molar-refractivity contribution in [3.05, 3.63) is 0 Å². The Kier molecular flexibility index (Phi) is 4.91. The van der Waals surface area contributed by atoms with Gasteiger partial charge < -0.3 is 10.5 Å². The molecule has 0 aromatic carbocycles. The van der Waals surface area contributed by atoms with Crippen LogP contribution in [0, 0.1) is 11.3 Å². The van der Waals surface area contributed by atoms with Crippen LogP contribution in [0.3, 0.4) is 0 Å². The van der Waals surface area contributed by atoms with Gasteiger partial charge in [-0.25, -0.2) is 0 Å². The van der Waals surface area contributed by atoms with Gasteiger partial charge in [-0.2, -0.15) is 0 Å². The summed E-state index contributed by atoms with van der Waals surface area (Å²) in [7, 11) is 0. The zero-order chi connectivity index (χ0) is 14.0. The zero-order valence-corrected chi connectivity index (χ0v) is 13.2. The molecule has 1 aliphatic heterocycles. The van der Waals surface area contributed by atoms with Crippen molar-refractivity contribution in [2.24, 2.45) is 17.1 Å². The second-order valence-corrected chi connectivity index (χ2v) is 7.25. The smallest absolute Gasteiger partial charge is 0.0619 e. The number of hydrogen-bond acceptors (Lipinski definition) is 3. The van der Waals surface area contributed by atoms with E-state index in [0.29, 0.717) is 23.5 Å². The average Bonchev–Trinajstić information content (AvgIpc) is 2.40. The minimum absolute atomic E-state index is 0.351. The average molecular weight is 268 g/mol. The van der Waals surface area contributed by atoms with E-state index in [1.165, 1.54) is 25.7 Å². The van der Waals surface area contributed by atoms with Gasteiger partial charge in [-0.1, -0.05) is 27.2 Å². The van der Waals surface area contributed by atoms with E-state index in [9.17, 15) is 0 Å². The third kappa shape index (κ3) is 3.32. The largest absolute Gasteiger partial charge is 0.379 e. The van der Waals surface area contributed by atoms with Crippen molar-refractivity contribution in [2.45, 2.75) is 71.5 Å². The number of nitrogens with zero attached hydrogens (tertiary/aromatic N) is 1. The van der Waals surface area contributed by atoms with Crippen LogP contribution in [0.2, 0.25) is 0 Å². The van der Waals surface area contributed by atoms with Crippen molar-refractivity contribution in [1.82, 2.24) is 4.90 Å². The predicted molar refractivity (Wildman–Crippen MR) is 80.2 cm³/mol. The number of rotatable bonds is 3. The molecule has 3 heteroatoms. The maximum atomic E-state index is 6.44. The van der Waals surface area contributed by atoms with Crippen LogP contribution < -0.4 is 5.73 Å². The Labute approximate surface area is 118 Å². The fourth-order valence-corrected chi connectivity index (χ4v) is 3.78. The van der Waals surface area contributed by atoms with Crippen LogP contribution >= 0.6 is 0 Å². The molecular weight excluding hydrogens is 236 g/mol. The van der Waals surface area contributed by atoms with Crippen molar-refractivity contribution in [3.63, 3.8) is 0 Å². The SMILES string of the molecule is CCC(C)(C)C1CCC(N)C(N2CCOCC2C)C1. The molecule has 4 unspecified atom stereocenters. The van der Waals surface area contributed by atoms with Gasteiger partial charge in [0.05, 0.1) is 13.2 Å². The van der Waals surface area contributed by atoms with E-state index < -0.39 is 0 Å². The standard InChI is InChI=1S/C16H32N2O/c1-5-16(3,4)13-6-7-14(17)15(10-13)18-8-9-19-11-12(18)2/h12-15H,5-11,17H2,1-4H3. The maximum absolute atomic E-state index is 6.44. The summed E-state index contributed by atoms with van der Waals surface area (Å²) in [5.74, 6) is 0.817. The number of ether oxygens (including phenoxy) is 1. The van der Waals surface area contributed by atoms with E-state index >= 15 is 0 Å². The quantitative estimate of drug-likeness (QED) is 0.855. The first-order valence-electron chi connectivity index (χ1n) is 8.04. The first-order valence-corrected chi connectivity index (χ1v) is 8.04. The number of nitrogens with two attached hydrogens (primary N) is 1. The highest BCUT2D eigenvalue weighted by atomic mass is 16.5. The lowest BCUT2D eigenvalue weighted by Crippen LogP contribution is -2.58. The van der Waals surface area contributed by atoms with Crippen molar-refractivity contribution in [2.75, 3.05) is 19.8 Å². The van der Waals surface area contributed by atoms with Crippen LogP contribution in [0.4, 0.5) is 0 Å². The summed E-state index contributed by atoms with van der Waals surface area (Å²) in [5, 5.41) is 0. The second kappa shape index (κ2) is 6.11. The topological polar surface area (TPSA) is 38.5 Å². The molecule has 1 aliphatic carbocycles. The van der Waals surface area contributed by atoms with E-state index in [2.05, 4.69) is 32.6 Å². The zero-order valence-electron chi connectivity index (χ0n) is 13.2. The summed E-state index contributed by atoms with van der Waals surface area (Å²) in [6.07, 6.45) is 5.02. The molecule has 1 saturated carbocycles. The molecule has 0 aromatic rings. The van der Waals surface area contributed by atoms with Crippen LogP contribution in [0.25, 0.3) is 0 Å². The highest BCUT2D eigenvalue weighted by Gasteiger charge is 2.39. The van der Waals surface area contributed by atoms with E-state index in [1.807, 2.05) is 0 Å². The Morgan fingerprint density at radius 2 is 2.05 bits per heavy atom. The van der Waals surface area contributed by atoms with Crippen LogP contribution in [0.5, 0.6) is 0 Å². The predicted octanol–water partition coefficient (Wildman–Crippen LogP) is 2.64. The molecule has 0 amide bonds. The first-order chi connectivity index (χ1) is 8.95. The highest BCUT2D eigenvalue weighted by molar-refractivity contribution is 4.95. The first kappa shape index (κ1) is 15.3. The summed E-state index contributed by atoms with van der Waals surface area (Å²) in [4.78, 5) is 2.62. The van der Waals surface area contributed by atoms with E-state index in [4.69, 9.17) is 10.5 Å². The van der Waals surface area contributed by atoms with Crippen LogP contribution in [-0.2, 0) is 4.74 Å². The molecule has 0 bridgehead atoms. The van der Waals surface area contributed by atoms with Gasteiger partial charge in [0.15, 0.2) is 0 Å². The molecule has 2 rings (SSSR count). The molecular formula is C16H32N2O. The summed E-state index contributed by atoms with van der Waals surface area (Å²) in [6.45, 7) is 12.2. The lowest BCUT2D eigenvalue weighted by molar-refractivity contribution is -0.0464. The van der Waals surface area contributed by atoms with Gasteiger partial charge in [-0.15, -0.1) is 0 Å². The van der Waals surface area contributed by atoms with Crippen molar-refractivity contribution in [1.29, 1.82) is 0 Å². The third-order valence-electron chi connectivity index (χ3n) is 5.73. The monoisotopic (exact) mass is 268 g/mol. The molecule has 2 N–H and O–H groups in total. The third-order valence-corrected chi connectivity index (χ3v) is 5.73. The van der Waals surface area contributed by atoms with E-state index in [-0.39, 0.29) is 0 Å². The minimum Gasteiger partial charge on any atom is -0.379 e. The maximum Gasteiger partial charge on any atom is 0.0619 e. The Bertz CT molecular complexity index is 292. The van der Waals surface area contributed by atoms with Crippen molar-refractivity contribution >= 4 is 0 Å². The summed E-state index contributed by atoms with van der Waals surface area (Å²) in [6, 6.07) is 1.43. The molecule has 1 heterocycles. The van der Waals surface area contributed by atoms with Crippen LogP contribution in [0.1, 0.15) is 53.4 Å². The van der Waals surface area contributed by atoms with Crippen LogP contribution in [0.15, 0.2) is 0 Å². The van der Waals surface area contributed by atoms with Gasteiger partial charge in [0.1, 0.15) is 0 Å². The molecule has 1 saturated heterocycles.